The number of benzene rings is 1. The van der Waals surface area contributed by atoms with Crippen molar-refractivity contribution in [3.63, 3.8) is 0 Å². The molecule has 0 aliphatic heterocycles. The van der Waals surface area contributed by atoms with Crippen molar-refractivity contribution < 1.29 is 14.6 Å². The maximum absolute atomic E-state index is 11.0. The maximum Gasteiger partial charge on any atom is 0.305 e. The summed E-state index contributed by atoms with van der Waals surface area (Å²) in [6.07, 6.45) is 0.0206. The number of carboxylic acid groups (broad SMARTS) is 1. The molecule has 0 saturated heterocycles. The van der Waals surface area contributed by atoms with Gasteiger partial charge in [-0.25, -0.2) is 0 Å². The van der Waals surface area contributed by atoms with Gasteiger partial charge in [0.15, 0.2) is 0 Å². The number of ether oxygens (including phenoxy) is 1. The highest BCUT2D eigenvalue weighted by molar-refractivity contribution is 5.69. The minimum Gasteiger partial charge on any atom is -0.491 e. The minimum atomic E-state index is -0.890. The van der Waals surface area contributed by atoms with Gasteiger partial charge in [0.1, 0.15) is 5.75 Å². The normalized spacial score (nSPS) is 14.5. The van der Waals surface area contributed by atoms with Crippen molar-refractivity contribution in [2.75, 3.05) is 0 Å². The lowest BCUT2D eigenvalue weighted by Gasteiger charge is -2.33. The monoisotopic (exact) mass is 265 g/mol. The number of carboxylic acids is 1. The third kappa shape index (κ3) is 3.96. The Morgan fingerprint density at radius 2 is 1.79 bits per heavy atom. The van der Waals surface area contributed by atoms with E-state index in [-0.39, 0.29) is 18.4 Å². The number of rotatable bonds is 6. The van der Waals surface area contributed by atoms with Gasteiger partial charge in [-0.15, -0.1) is 0 Å². The van der Waals surface area contributed by atoms with Crippen molar-refractivity contribution in [3.05, 3.63) is 29.8 Å². The van der Waals surface area contributed by atoms with Crippen LogP contribution in [0, 0.1) is 5.92 Å². The first-order valence-electron chi connectivity index (χ1n) is 6.53. The number of hydrogen-bond donors (Lipinski definition) is 2. The van der Waals surface area contributed by atoms with Gasteiger partial charge in [0, 0.05) is 0 Å². The molecule has 1 atom stereocenters. The van der Waals surface area contributed by atoms with E-state index in [1.165, 1.54) is 0 Å². The summed E-state index contributed by atoms with van der Waals surface area (Å²) < 4.78 is 5.57. The summed E-state index contributed by atoms with van der Waals surface area (Å²) >= 11 is 0. The van der Waals surface area contributed by atoms with Crippen LogP contribution >= 0.6 is 0 Å². The average Bonchev–Trinajstić information content (AvgIpc) is 2.27. The molecule has 0 aromatic heterocycles. The molecule has 0 fully saturated rings. The van der Waals surface area contributed by atoms with E-state index in [0.29, 0.717) is 0 Å². The molecule has 19 heavy (non-hydrogen) atoms. The van der Waals surface area contributed by atoms with E-state index < -0.39 is 11.5 Å². The first-order valence-corrected chi connectivity index (χ1v) is 6.53. The van der Waals surface area contributed by atoms with E-state index in [0.717, 1.165) is 11.3 Å². The van der Waals surface area contributed by atoms with Gasteiger partial charge >= 0.3 is 5.97 Å². The second kappa shape index (κ2) is 6.06. The summed E-state index contributed by atoms with van der Waals surface area (Å²) in [5.41, 5.74) is 6.25. The molecule has 1 unspecified atom stereocenters. The average molecular weight is 265 g/mol. The van der Waals surface area contributed by atoms with Crippen molar-refractivity contribution in [1.29, 1.82) is 0 Å². The molecule has 0 radical (unpaired) electrons. The van der Waals surface area contributed by atoms with Gasteiger partial charge in [0.05, 0.1) is 18.1 Å². The quantitative estimate of drug-likeness (QED) is 0.829. The summed E-state index contributed by atoms with van der Waals surface area (Å²) in [4.78, 5) is 11.0. The Morgan fingerprint density at radius 3 is 2.16 bits per heavy atom. The summed E-state index contributed by atoms with van der Waals surface area (Å²) in [6, 6.07) is 7.36. The van der Waals surface area contributed by atoms with Crippen LogP contribution in [0.2, 0.25) is 0 Å². The van der Waals surface area contributed by atoms with Crippen LogP contribution in [-0.2, 0) is 10.3 Å². The Balaban J connectivity index is 3.01. The standard InChI is InChI=1S/C15H23NO3/c1-10(2)15(16,9-14(17)18)12-5-7-13(8-6-12)19-11(3)4/h5-8,10-11H,9,16H2,1-4H3,(H,17,18). The van der Waals surface area contributed by atoms with E-state index in [2.05, 4.69) is 0 Å². The van der Waals surface area contributed by atoms with Crippen molar-refractivity contribution in [2.45, 2.75) is 45.8 Å². The molecule has 4 nitrogen and oxygen atoms in total. The highest BCUT2D eigenvalue weighted by Gasteiger charge is 2.33. The maximum atomic E-state index is 11.0. The molecule has 3 N–H and O–H groups in total. The molecule has 1 aromatic carbocycles. The molecule has 0 bridgehead atoms. The van der Waals surface area contributed by atoms with Crippen LogP contribution in [0.3, 0.4) is 0 Å². The lowest BCUT2D eigenvalue weighted by molar-refractivity contribution is -0.139. The van der Waals surface area contributed by atoms with Gasteiger partial charge in [0.2, 0.25) is 0 Å². The molecule has 0 aliphatic carbocycles. The number of carbonyl (C=O) groups is 1. The second-order valence-electron chi connectivity index (χ2n) is 5.46. The zero-order valence-corrected chi connectivity index (χ0v) is 12.0. The molecule has 1 rings (SSSR count). The fourth-order valence-electron chi connectivity index (χ4n) is 2.01. The summed E-state index contributed by atoms with van der Waals surface area (Å²) in [5.74, 6) is -0.0978. The lowest BCUT2D eigenvalue weighted by Crippen LogP contribution is -2.43. The third-order valence-electron chi connectivity index (χ3n) is 3.24. The Kier molecular flexibility index (Phi) is 4.95. The molecule has 106 valence electrons. The van der Waals surface area contributed by atoms with Crippen LogP contribution in [0.15, 0.2) is 24.3 Å². The summed E-state index contributed by atoms with van der Waals surface area (Å²) in [5, 5.41) is 9.03. The highest BCUT2D eigenvalue weighted by atomic mass is 16.5. The van der Waals surface area contributed by atoms with Gasteiger partial charge < -0.3 is 15.6 Å². The van der Waals surface area contributed by atoms with E-state index in [4.69, 9.17) is 15.6 Å². The van der Waals surface area contributed by atoms with Gasteiger partial charge in [-0.3, -0.25) is 4.79 Å². The first-order chi connectivity index (χ1) is 8.75. The fourth-order valence-corrected chi connectivity index (χ4v) is 2.01. The molecular formula is C15H23NO3. The van der Waals surface area contributed by atoms with Crippen molar-refractivity contribution in [1.82, 2.24) is 0 Å². The van der Waals surface area contributed by atoms with Crippen molar-refractivity contribution >= 4 is 5.97 Å². The van der Waals surface area contributed by atoms with E-state index in [1.807, 2.05) is 52.0 Å². The van der Waals surface area contributed by atoms with Crippen LogP contribution in [0.1, 0.15) is 39.7 Å². The molecule has 0 amide bonds. The van der Waals surface area contributed by atoms with E-state index in [1.54, 1.807) is 0 Å². The van der Waals surface area contributed by atoms with Crippen LogP contribution in [0.5, 0.6) is 5.75 Å². The third-order valence-corrected chi connectivity index (χ3v) is 3.24. The topological polar surface area (TPSA) is 72.5 Å². The summed E-state index contributed by atoms with van der Waals surface area (Å²) in [6.45, 7) is 7.78. The predicted octanol–water partition coefficient (Wildman–Crippen LogP) is 2.76. The first kappa shape index (κ1) is 15.5. The molecule has 0 aliphatic rings. The highest BCUT2D eigenvalue weighted by Crippen LogP contribution is 2.31. The van der Waals surface area contributed by atoms with E-state index in [9.17, 15) is 4.79 Å². The van der Waals surface area contributed by atoms with E-state index >= 15 is 0 Å². The van der Waals surface area contributed by atoms with Crippen LogP contribution < -0.4 is 10.5 Å². The van der Waals surface area contributed by atoms with Crippen LogP contribution in [0.25, 0.3) is 0 Å². The Morgan fingerprint density at radius 1 is 1.26 bits per heavy atom. The van der Waals surface area contributed by atoms with Crippen molar-refractivity contribution in [3.8, 4) is 5.75 Å². The van der Waals surface area contributed by atoms with Gasteiger partial charge in [0.25, 0.3) is 0 Å². The zero-order valence-electron chi connectivity index (χ0n) is 12.0. The minimum absolute atomic E-state index is 0.0282. The molecule has 0 spiro atoms. The molecule has 1 aromatic rings. The largest absolute Gasteiger partial charge is 0.491 e. The number of hydrogen-bond acceptors (Lipinski definition) is 3. The molecule has 4 heteroatoms. The van der Waals surface area contributed by atoms with Gasteiger partial charge in [-0.05, 0) is 37.5 Å². The molecule has 0 saturated carbocycles. The van der Waals surface area contributed by atoms with Crippen molar-refractivity contribution in [2.24, 2.45) is 11.7 Å². The fraction of sp³-hybridized carbons (Fsp3) is 0.533. The summed E-state index contributed by atoms with van der Waals surface area (Å²) in [7, 11) is 0. The SMILES string of the molecule is CC(C)Oc1ccc(C(N)(CC(=O)O)C(C)C)cc1. The van der Waals surface area contributed by atoms with Gasteiger partial charge in [-0.2, -0.15) is 0 Å². The number of nitrogens with two attached hydrogens (primary N) is 1. The molecular weight excluding hydrogens is 242 g/mol. The predicted molar refractivity (Wildman–Crippen MR) is 75.2 cm³/mol. The van der Waals surface area contributed by atoms with Crippen LogP contribution in [0.4, 0.5) is 0 Å². The zero-order chi connectivity index (χ0) is 14.6. The lowest BCUT2D eigenvalue weighted by atomic mass is 9.78. The number of aliphatic carboxylic acids is 1. The molecule has 0 heterocycles. The smallest absolute Gasteiger partial charge is 0.305 e. The second-order valence-corrected chi connectivity index (χ2v) is 5.46. The van der Waals surface area contributed by atoms with Crippen LogP contribution in [-0.4, -0.2) is 17.2 Å². The van der Waals surface area contributed by atoms with Gasteiger partial charge in [-0.1, -0.05) is 26.0 Å². The Hall–Kier alpha value is -1.55. The Bertz CT molecular complexity index is 426. The Labute approximate surface area is 114 Å².